The number of hydrogen-bond donors (Lipinski definition) is 1. The van der Waals surface area contributed by atoms with Gasteiger partial charge in [-0.1, -0.05) is 89.1 Å². The van der Waals surface area contributed by atoms with E-state index < -0.39 is 0 Å². The number of esters is 1. The van der Waals surface area contributed by atoms with Crippen LogP contribution in [0.1, 0.15) is 114 Å². The Morgan fingerprint density at radius 1 is 0.944 bits per heavy atom. The zero-order chi connectivity index (χ0) is 25.8. The SMILES string of the molecule is C=C(C)C(=O)OCC(CNC)c1ccc(CCC2CCC(C3CCC(CCCCC)CC3)CC2)cc1. The van der Waals surface area contributed by atoms with E-state index in [-0.39, 0.29) is 11.9 Å². The summed E-state index contributed by atoms with van der Waals surface area (Å²) in [5.74, 6) is 3.84. The van der Waals surface area contributed by atoms with Gasteiger partial charge in [0, 0.05) is 18.0 Å². The molecule has 0 heterocycles. The molecule has 2 aliphatic rings. The topological polar surface area (TPSA) is 38.3 Å². The third kappa shape index (κ3) is 9.36. The highest BCUT2D eigenvalue weighted by atomic mass is 16.5. The van der Waals surface area contributed by atoms with Crippen molar-refractivity contribution in [2.24, 2.45) is 23.7 Å². The molecule has 0 radical (unpaired) electrons. The molecule has 1 atom stereocenters. The Balaban J connectivity index is 1.36. The van der Waals surface area contributed by atoms with Gasteiger partial charge >= 0.3 is 5.97 Å². The summed E-state index contributed by atoms with van der Waals surface area (Å²) in [7, 11) is 1.94. The Morgan fingerprint density at radius 2 is 1.53 bits per heavy atom. The third-order valence-corrected chi connectivity index (χ3v) is 9.17. The molecule has 0 amide bonds. The van der Waals surface area contributed by atoms with E-state index in [1.807, 2.05) is 7.05 Å². The number of ether oxygens (including phenoxy) is 1. The highest BCUT2D eigenvalue weighted by Gasteiger charge is 2.30. The van der Waals surface area contributed by atoms with Gasteiger partial charge in [-0.3, -0.25) is 0 Å². The number of aryl methyl sites for hydroxylation is 1. The molecule has 202 valence electrons. The average Bonchev–Trinajstić information content (AvgIpc) is 2.91. The van der Waals surface area contributed by atoms with Gasteiger partial charge in [0.25, 0.3) is 0 Å². The van der Waals surface area contributed by atoms with E-state index in [0.717, 1.165) is 30.2 Å². The van der Waals surface area contributed by atoms with E-state index in [0.29, 0.717) is 12.2 Å². The van der Waals surface area contributed by atoms with Gasteiger partial charge in [0.05, 0.1) is 6.61 Å². The van der Waals surface area contributed by atoms with Crippen LogP contribution in [0.5, 0.6) is 0 Å². The lowest BCUT2D eigenvalue weighted by molar-refractivity contribution is -0.139. The number of carbonyl (C=O) groups is 1. The molecule has 0 aromatic heterocycles. The van der Waals surface area contributed by atoms with E-state index in [4.69, 9.17) is 4.74 Å². The summed E-state index contributed by atoms with van der Waals surface area (Å²) < 4.78 is 5.43. The minimum Gasteiger partial charge on any atom is -0.462 e. The summed E-state index contributed by atoms with van der Waals surface area (Å²) in [5, 5.41) is 3.23. The smallest absolute Gasteiger partial charge is 0.333 e. The molecule has 2 aliphatic carbocycles. The second-order valence-electron chi connectivity index (χ2n) is 12.0. The Labute approximate surface area is 221 Å². The fourth-order valence-electron chi connectivity index (χ4n) is 6.73. The molecule has 3 heteroatoms. The monoisotopic (exact) mass is 495 g/mol. The number of likely N-dealkylation sites (N-methyl/N-ethyl adjacent to an activating group) is 1. The quantitative estimate of drug-likeness (QED) is 0.160. The molecule has 3 nitrogen and oxygen atoms in total. The maximum Gasteiger partial charge on any atom is 0.333 e. The number of carbonyl (C=O) groups excluding carboxylic acids is 1. The molecule has 2 saturated carbocycles. The normalized spacial score (nSPS) is 25.3. The molecule has 1 unspecified atom stereocenters. The van der Waals surface area contributed by atoms with E-state index in [2.05, 4.69) is 43.1 Å². The maximum atomic E-state index is 11.8. The molecule has 2 fully saturated rings. The van der Waals surface area contributed by atoms with Crippen LogP contribution in [0.25, 0.3) is 0 Å². The van der Waals surface area contributed by atoms with Gasteiger partial charge in [0.1, 0.15) is 0 Å². The zero-order valence-electron chi connectivity index (χ0n) is 23.5. The number of hydrogen-bond acceptors (Lipinski definition) is 3. The lowest BCUT2D eigenvalue weighted by Crippen LogP contribution is -2.26. The molecular formula is C33H53NO2. The van der Waals surface area contributed by atoms with Crippen molar-refractivity contribution in [1.82, 2.24) is 5.32 Å². The zero-order valence-corrected chi connectivity index (χ0v) is 23.5. The van der Waals surface area contributed by atoms with Crippen LogP contribution in [0.2, 0.25) is 0 Å². The van der Waals surface area contributed by atoms with Crippen molar-refractivity contribution in [1.29, 1.82) is 0 Å². The molecular weight excluding hydrogens is 442 g/mol. The Morgan fingerprint density at radius 3 is 2.06 bits per heavy atom. The van der Waals surface area contributed by atoms with E-state index in [1.165, 1.54) is 101 Å². The van der Waals surface area contributed by atoms with Crippen LogP contribution in [0.4, 0.5) is 0 Å². The summed E-state index contributed by atoms with van der Waals surface area (Å²) in [6, 6.07) is 9.01. The molecule has 36 heavy (non-hydrogen) atoms. The lowest BCUT2D eigenvalue weighted by Gasteiger charge is -2.38. The van der Waals surface area contributed by atoms with Gasteiger partial charge < -0.3 is 10.1 Å². The lowest BCUT2D eigenvalue weighted by atomic mass is 9.68. The first kappa shape index (κ1) is 29.0. The maximum absolute atomic E-state index is 11.8. The molecule has 0 aliphatic heterocycles. The molecule has 1 aromatic carbocycles. The number of rotatable bonds is 14. The Hall–Kier alpha value is -1.61. The van der Waals surface area contributed by atoms with Gasteiger partial charge in [0.15, 0.2) is 0 Å². The number of unbranched alkanes of at least 4 members (excludes halogenated alkanes) is 2. The van der Waals surface area contributed by atoms with Crippen LogP contribution < -0.4 is 5.32 Å². The van der Waals surface area contributed by atoms with Crippen LogP contribution >= 0.6 is 0 Å². The average molecular weight is 496 g/mol. The summed E-state index contributed by atoms with van der Waals surface area (Å²) >= 11 is 0. The molecule has 3 rings (SSSR count). The summed E-state index contributed by atoms with van der Waals surface area (Å²) in [5.41, 5.74) is 3.11. The van der Waals surface area contributed by atoms with Crippen molar-refractivity contribution in [3.05, 3.63) is 47.5 Å². The third-order valence-electron chi connectivity index (χ3n) is 9.17. The molecule has 0 bridgehead atoms. The van der Waals surface area contributed by atoms with Crippen molar-refractivity contribution < 1.29 is 9.53 Å². The van der Waals surface area contributed by atoms with Crippen LogP contribution in [-0.4, -0.2) is 26.2 Å². The van der Waals surface area contributed by atoms with Crippen LogP contribution in [0.15, 0.2) is 36.4 Å². The minimum absolute atomic E-state index is 0.161. The van der Waals surface area contributed by atoms with Crippen LogP contribution in [0.3, 0.4) is 0 Å². The Bertz CT molecular complexity index is 769. The number of benzene rings is 1. The number of nitrogens with one attached hydrogen (secondary N) is 1. The summed E-state index contributed by atoms with van der Waals surface area (Å²) in [4.78, 5) is 11.8. The molecule has 0 saturated heterocycles. The highest BCUT2D eigenvalue weighted by Crippen LogP contribution is 2.43. The first-order valence-electron chi connectivity index (χ1n) is 15.1. The second-order valence-corrected chi connectivity index (χ2v) is 12.0. The van der Waals surface area contributed by atoms with Gasteiger partial charge in [-0.25, -0.2) is 4.79 Å². The van der Waals surface area contributed by atoms with Crippen molar-refractivity contribution >= 4 is 5.97 Å². The second kappa shape index (κ2) is 15.6. The minimum atomic E-state index is -0.308. The predicted octanol–water partition coefficient (Wildman–Crippen LogP) is 8.23. The standard InChI is InChI=1S/C33H53NO2/c1-5-6-7-8-26-11-17-29(18-12-26)30-19-13-27(14-20-30)9-10-28-15-21-31(22-16-28)32(23-34-4)24-36-33(35)25(2)3/h15-16,21-22,26-27,29-30,32,34H,2,5-14,17-20,23-24H2,1,3-4H3. The van der Waals surface area contributed by atoms with E-state index >= 15 is 0 Å². The van der Waals surface area contributed by atoms with Crippen molar-refractivity contribution in [2.75, 3.05) is 20.2 Å². The molecule has 1 N–H and O–H groups in total. The van der Waals surface area contributed by atoms with Crippen molar-refractivity contribution in [2.45, 2.75) is 110 Å². The summed E-state index contributed by atoms with van der Waals surface area (Å²) in [6.07, 6.45) is 20.1. The molecule has 1 aromatic rings. The van der Waals surface area contributed by atoms with Gasteiger partial charge in [0.2, 0.25) is 0 Å². The van der Waals surface area contributed by atoms with Gasteiger partial charge in [-0.2, -0.15) is 0 Å². The molecule has 0 spiro atoms. The van der Waals surface area contributed by atoms with Crippen molar-refractivity contribution in [3.8, 4) is 0 Å². The Kier molecular flexibility index (Phi) is 12.5. The highest BCUT2D eigenvalue weighted by molar-refractivity contribution is 5.86. The fourth-order valence-corrected chi connectivity index (χ4v) is 6.73. The van der Waals surface area contributed by atoms with Crippen LogP contribution in [0, 0.1) is 23.7 Å². The largest absolute Gasteiger partial charge is 0.462 e. The van der Waals surface area contributed by atoms with Gasteiger partial charge in [-0.15, -0.1) is 0 Å². The predicted molar refractivity (Wildman–Crippen MR) is 152 cm³/mol. The first-order valence-corrected chi connectivity index (χ1v) is 15.1. The summed E-state index contributed by atoms with van der Waals surface area (Å²) in [6.45, 7) is 8.85. The van der Waals surface area contributed by atoms with E-state index in [1.54, 1.807) is 6.92 Å². The van der Waals surface area contributed by atoms with Gasteiger partial charge in [-0.05, 0) is 87.3 Å². The fraction of sp³-hybridized carbons (Fsp3) is 0.727. The first-order chi connectivity index (χ1) is 17.5. The van der Waals surface area contributed by atoms with Crippen molar-refractivity contribution in [3.63, 3.8) is 0 Å². The van der Waals surface area contributed by atoms with E-state index in [9.17, 15) is 4.79 Å². The van der Waals surface area contributed by atoms with Crippen LogP contribution in [-0.2, 0) is 16.0 Å².